The van der Waals surface area contributed by atoms with E-state index in [9.17, 15) is 4.79 Å². The van der Waals surface area contributed by atoms with Gasteiger partial charge in [0.1, 0.15) is 13.2 Å². The summed E-state index contributed by atoms with van der Waals surface area (Å²) >= 11 is 1.95. The number of rotatable bonds is 3. The molecule has 3 heterocycles. The summed E-state index contributed by atoms with van der Waals surface area (Å²) in [5.74, 6) is 2.34. The quantitative estimate of drug-likeness (QED) is 0.847. The van der Waals surface area contributed by atoms with E-state index in [1.165, 1.54) is 0 Å². The van der Waals surface area contributed by atoms with E-state index < -0.39 is 0 Å². The zero-order chi connectivity index (χ0) is 15.9. The Morgan fingerprint density at radius 2 is 2.22 bits per heavy atom. The Kier molecular flexibility index (Phi) is 3.89. The van der Waals surface area contributed by atoms with Crippen molar-refractivity contribution < 1.29 is 19.0 Å². The SMILES string of the molecule is CCO[C@H]1CSC2(C1)CN(C(=O)c1cccc3c1OCCO3)C2. The van der Waals surface area contributed by atoms with E-state index in [0.29, 0.717) is 36.4 Å². The van der Waals surface area contributed by atoms with E-state index in [4.69, 9.17) is 14.2 Å². The fourth-order valence-corrected chi connectivity index (χ4v) is 5.12. The summed E-state index contributed by atoms with van der Waals surface area (Å²) < 4.78 is 17.2. The first-order valence-electron chi connectivity index (χ1n) is 8.14. The monoisotopic (exact) mass is 335 g/mol. The molecule has 5 nitrogen and oxygen atoms in total. The third-order valence-corrected chi connectivity index (χ3v) is 6.20. The van der Waals surface area contributed by atoms with E-state index in [2.05, 4.69) is 0 Å². The number of thioether (sulfide) groups is 1. The minimum absolute atomic E-state index is 0.0402. The van der Waals surface area contributed by atoms with Crippen molar-refractivity contribution in [2.45, 2.75) is 24.2 Å². The predicted molar refractivity (Wildman–Crippen MR) is 88.6 cm³/mol. The van der Waals surface area contributed by atoms with Gasteiger partial charge in [0, 0.05) is 25.4 Å². The Bertz CT molecular complexity index is 615. The molecule has 0 N–H and O–H groups in total. The van der Waals surface area contributed by atoms with E-state index in [1.54, 1.807) is 0 Å². The van der Waals surface area contributed by atoms with Gasteiger partial charge in [-0.15, -0.1) is 11.8 Å². The molecular formula is C17H21NO4S. The highest BCUT2D eigenvalue weighted by atomic mass is 32.2. The van der Waals surface area contributed by atoms with Gasteiger partial charge in [-0.05, 0) is 25.5 Å². The molecule has 2 fully saturated rings. The topological polar surface area (TPSA) is 48.0 Å². The molecule has 1 spiro atoms. The highest BCUT2D eigenvalue weighted by molar-refractivity contribution is 8.01. The molecule has 23 heavy (non-hydrogen) atoms. The normalized spacial score (nSPS) is 24.6. The fraction of sp³-hybridized carbons (Fsp3) is 0.588. The Hall–Kier alpha value is -1.40. The third kappa shape index (κ3) is 2.68. The first kappa shape index (κ1) is 15.1. The smallest absolute Gasteiger partial charge is 0.257 e. The van der Waals surface area contributed by atoms with Crippen molar-refractivity contribution in [2.75, 3.05) is 38.7 Å². The van der Waals surface area contributed by atoms with Gasteiger partial charge in [-0.3, -0.25) is 4.79 Å². The molecule has 0 unspecified atom stereocenters. The number of ether oxygens (including phenoxy) is 3. The second-order valence-corrected chi connectivity index (χ2v) is 7.75. The molecule has 1 aromatic rings. The fourth-order valence-electron chi connectivity index (χ4n) is 3.57. The summed E-state index contributed by atoms with van der Waals surface area (Å²) in [5, 5.41) is 0. The van der Waals surface area contributed by atoms with E-state index in [1.807, 2.05) is 41.8 Å². The molecule has 0 bridgehead atoms. The zero-order valence-corrected chi connectivity index (χ0v) is 14.1. The van der Waals surface area contributed by atoms with Crippen molar-refractivity contribution in [1.29, 1.82) is 0 Å². The first-order valence-corrected chi connectivity index (χ1v) is 9.13. The number of fused-ring (bicyclic) bond motifs is 1. The van der Waals surface area contributed by atoms with Gasteiger partial charge in [0.15, 0.2) is 11.5 Å². The van der Waals surface area contributed by atoms with E-state index in [0.717, 1.165) is 31.9 Å². The lowest BCUT2D eigenvalue weighted by Crippen LogP contribution is -2.60. The Balaban J connectivity index is 1.44. The summed E-state index contributed by atoms with van der Waals surface area (Å²) in [7, 11) is 0. The number of para-hydroxylation sites is 1. The first-order chi connectivity index (χ1) is 11.2. The molecule has 4 rings (SSSR count). The molecule has 0 saturated carbocycles. The maximum absolute atomic E-state index is 12.8. The van der Waals surface area contributed by atoms with Gasteiger partial charge >= 0.3 is 0 Å². The Morgan fingerprint density at radius 1 is 1.39 bits per heavy atom. The standard InChI is InChI=1S/C17H21NO4S/c1-2-20-12-8-17(23-9-12)10-18(11-17)16(19)13-4-3-5-14-15(13)22-7-6-21-14/h3-5,12H,2,6-11H2,1H3/t12-/m1/s1. The van der Waals surface area contributed by atoms with Crippen LogP contribution in [0.4, 0.5) is 0 Å². The lowest BCUT2D eigenvalue weighted by molar-refractivity contribution is 0.0354. The number of hydrogen-bond acceptors (Lipinski definition) is 5. The van der Waals surface area contributed by atoms with Crippen molar-refractivity contribution in [3.8, 4) is 11.5 Å². The molecule has 1 aromatic carbocycles. The van der Waals surface area contributed by atoms with Crippen molar-refractivity contribution in [3.05, 3.63) is 23.8 Å². The number of nitrogens with zero attached hydrogens (tertiary/aromatic N) is 1. The lowest BCUT2D eigenvalue weighted by atomic mass is 9.92. The number of carbonyl (C=O) groups excluding carboxylic acids is 1. The van der Waals surface area contributed by atoms with Gasteiger partial charge in [0.2, 0.25) is 0 Å². The summed E-state index contributed by atoms with van der Waals surface area (Å²) in [5.41, 5.74) is 0.612. The minimum Gasteiger partial charge on any atom is -0.486 e. The Morgan fingerprint density at radius 3 is 3.04 bits per heavy atom. The predicted octanol–water partition coefficient (Wildman–Crippen LogP) is 2.19. The third-order valence-electron chi connectivity index (χ3n) is 4.62. The minimum atomic E-state index is 0.0402. The number of benzene rings is 1. The zero-order valence-electron chi connectivity index (χ0n) is 13.2. The van der Waals surface area contributed by atoms with Crippen molar-refractivity contribution in [2.24, 2.45) is 0 Å². The van der Waals surface area contributed by atoms with Crippen LogP contribution in [0.3, 0.4) is 0 Å². The van der Waals surface area contributed by atoms with Crippen LogP contribution in [0.2, 0.25) is 0 Å². The molecule has 124 valence electrons. The maximum atomic E-state index is 12.8. The van der Waals surface area contributed by atoms with Crippen LogP contribution in [-0.4, -0.2) is 60.3 Å². The highest BCUT2D eigenvalue weighted by Gasteiger charge is 2.51. The maximum Gasteiger partial charge on any atom is 0.257 e. The lowest BCUT2D eigenvalue weighted by Gasteiger charge is -2.47. The van der Waals surface area contributed by atoms with Gasteiger partial charge in [-0.1, -0.05) is 6.07 Å². The highest BCUT2D eigenvalue weighted by Crippen LogP contribution is 2.47. The van der Waals surface area contributed by atoms with Crippen LogP contribution in [0, 0.1) is 0 Å². The van der Waals surface area contributed by atoms with Gasteiger partial charge in [-0.25, -0.2) is 0 Å². The number of hydrogen-bond donors (Lipinski definition) is 0. The van der Waals surface area contributed by atoms with Crippen LogP contribution >= 0.6 is 11.8 Å². The summed E-state index contributed by atoms with van der Waals surface area (Å²) in [4.78, 5) is 14.7. The van der Waals surface area contributed by atoms with Gasteiger partial charge in [0.05, 0.1) is 16.4 Å². The number of amides is 1. The molecular weight excluding hydrogens is 314 g/mol. The second-order valence-electron chi connectivity index (χ2n) is 6.27. The van der Waals surface area contributed by atoms with Crippen LogP contribution in [0.15, 0.2) is 18.2 Å². The number of likely N-dealkylation sites (tertiary alicyclic amines) is 1. The average molecular weight is 335 g/mol. The van der Waals surface area contributed by atoms with E-state index in [-0.39, 0.29) is 10.7 Å². The average Bonchev–Trinajstić information content (AvgIpc) is 2.97. The number of carbonyl (C=O) groups is 1. The van der Waals surface area contributed by atoms with Crippen molar-refractivity contribution in [3.63, 3.8) is 0 Å². The molecule has 6 heteroatoms. The Labute approximate surface area is 140 Å². The molecule has 2 saturated heterocycles. The molecule has 3 aliphatic rings. The molecule has 0 aromatic heterocycles. The molecule has 0 radical (unpaired) electrons. The van der Waals surface area contributed by atoms with Crippen molar-refractivity contribution >= 4 is 17.7 Å². The van der Waals surface area contributed by atoms with E-state index >= 15 is 0 Å². The van der Waals surface area contributed by atoms with Crippen LogP contribution in [0.1, 0.15) is 23.7 Å². The molecule has 1 atom stereocenters. The van der Waals surface area contributed by atoms with Crippen LogP contribution in [0.5, 0.6) is 11.5 Å². The second kappa shape index (κ2) is 5.91. The van der Waals surface area contributed by atoms with Gasteiger partial charge in [-0.2, -0.15) is 0 Å². The van der Waals surface area contributed by atoms with Crippen LogP contribution in [-0.2, 0) is 4.74 Å². The van der Waals surface area contributed by atoms with Crippen LogP contribution < -0.4 is 9.47 Å². The molecule has 0 aliphatic carbocycles. The van der Waals surface area contributed by atoms with Gasteiger partial charge < -0.3 is 19.1 Å². The molecule has 1 amide bonds. The van der Waals surface area contributed by atoms with Crippen molar-refractivity contribution in [1.82, 2.24) is 4.90 Å². The summed E-state index contributed by atoms with van der Waals surface area (Å²) in [6, 6.07) is 5.53. The van der Waals surface area contributed by atoms with Gasteiger partial charge in [0.25, 0.3) is 5.91 Å². The summed E-state index contributed by atoms with van der Waals surface area (Å²) in [6.07, 6.45) is 1.38. The van der Waals surface area contributed by atoms with Crippen LogP contribution in [0.25, 0.3) is 0 Å². The summed E-state index contributed by atoms with van der Waals surface area (Å²) in [6.45, 7) is 5.42. The molecule has 3 aliphatic heterocycles. The largest absolute Gasteiger partial charge is 0.486 e.